The maximum atomic E-state index is 9.02. The van der Waals surface area contributed by atoms with Crippen molar-refractivity contribution in [1.82, 2.24) is 9.97 Å². The molecule has 0 bridgehead atoms. The average molecular weight is 221 g/mol. The quantitative estimate of drug-likeness (QED) is 0.839. The summed E-state index contributed by atoms with van der Waals surface area (Å²) in [5, 5.41) is 9.02. The second-order valence-electron chi connectivity index (χ2n) is 4.42. The van der Waals surface area contributed by atoms with Crippen molar-refractivity contribution in [1.29, 1.82) is 0 Å². The third-order valence-corrected chi connectivity index (χ3v) is 3.14. The lowest BCUT2D eigenvalue weighted by Gasteiger charge is -2.17. The van der Waals surface area contributed by atoms with Gasteiger partial charge in [-0.3, -0.25) is 4.98 Å². The Balaban J connectivity index is 2.02. The predicted octanol–water partition coefficient (Wildman–Crippen LogP) is 1.60. The Kier molecular flexibility index (Phi) is 3.72. The van der Waals surface area contributed by atoms with Crippen molar-refractivity contribution >= 4 is 5.82 Å². The lowest BCUT2D eigenvalue weighted by atomic mass is 10.0. The number of anilines is 1. The maximum Gasteiger partial charge on any atom is 0.147 e. The van der Waals surface area contributed by atoms with Gasteiger partial charge in [-0.05, 0) is 18.8 Å². The van der Waals surface area contributed by atoms with Gasteiger partial charge in [-0.15, -0.1) is 0 Å². The first kappa shape index (κ1) is 11.3. The van der Waals surface area contributed by atoms with Gasteiger partial charge in [0.2, 0.25) is 0 Å². The van der Waals surface area contributed by atoms with Crippen LogP contribution in [0.25, 0.3) is 0 Å². The average Bonchev–Trinajstić information content (AvgIpc) is 2.78. The molecule has 4 nitrogen and oxygen atoms in total. The first-order chi connectivity index (χ1) is 7.83. The molecule has 2 rings (SSSR count). The van der Waals surface area contributed by atoms with E-state index in [4.69, 9.17) is 5.11 Å². The van der Waals surface area contributed by atoms with Gasteiger partial charge < -0.3 is 10.0 Å². The van der Waals surface area contributed by atoms with E-state index in [0.29, 0.717) is 5.69 Å². The van der Waals surface area contributed by atoms with Crippen molar-refractivity contribution in [3.05, 3.63) is 18.1 Å². The van der Waals surface area contributed by atoms with Crippen molar-refractivity contribution in [3.63, 3.8) is 0 Å². The molecule has 88 valence electrons. The normalized spacial score (nSPS) is 20.4. The van der Waals surface area contributed by atoms with Gasteiger partial charge in [0.1, 0.15) is 5.82 Å². The Morgan fingerprint density at radius 3 is 3.12 bits per heavy atom. The van der Waals surface area contributed by atoms with Crippen LogP contribution in [0.2, 0.25) is 0 Å². The van der Waals surface area contributed by atoms with Gasteiger partial charge in [0.05, 0.1) is 24.7 Å². The van der Waals surface area contributed by atoms with Crippen LogP contribution in [0.3, 0.4) is 0 Å². The van der Waals surface area contributed by atoms with E-state index in [1.54, 1.807) is 12.4 Å². The molecule has 0 amide bonds. The van der Waals surface area contributed by atoms with E-state index in [9.17, 15) is 0 Å². The van der Waals surface area contributed by atoms with Crippen molar-refractivity contribution in [3.8, 4) is 0 Å². The molecule has 1 aliphatic heterocycles. The molecule has 16 heavy (non-hydrogen) atoms. The lowest BCUT2D eigenvalue weighted by molar-refractivity contribution is 0.276. The summed E-state index contributed by atoms with van der Waals surface area (Å²) in [4.78, 5) is 10.8. The SMILES string of the molecule is CCCC1CCN(c2cncc(CO)n2)C1. The van der Waals surface area contributed by atoms with Gasteiger partial charge >= 0.3 is 0 Å². The van der Waals surface area contributed by atoms with E-state index in [-0.39, 0.29) is 6.61 Å². The van der Waals surface area contributed by atoms with E-state index in [2.05, 4.69) is 21.8 Å². The molecule has 1 aliphatic rings. The third-order valence-electron chi connectivity index (χ3n) is 3.14. The van der Waals surface area contributed by atoms with Crippen LogP contribution in [0.5, 0.6) is 0 Å². The number of aliphatic hydroxyl groups is 1. The molecule has 2 heterocycles. The summed E-state index contributed by atoms with van der Waals surface area (Å²) in [5.41, 5.74) is 0.649. The smallest absolute Gasteiger partial charge is 0.147 e. The van der Waals surface area contributed by atoms with Crippen LogP contribution >= 0.6 is 0 Å². The second kappa shape index (κ2) is 5.25. The fraction of sp³-hybridized carbons (Fsp3) is 0.667. The molecule has 0 spiro atoms. The molecular weight excluding hydrogens is 202 g/mol. The Morgan fingerprint density at radius 1 is 1.50 bits per heavy atom. The summed E-state index contributed by atoms with van der Waals surface area (Å²) in [7, 11) is 0. The Bertz CT molecular complexity index is 343. The van der Waals surface area contributed by atoms with Gasteiger partial charge in [0.25, 0.3) is 0 Å². The Morgan fingerprint density at radius 2 is 2.38 bits per heavy atom. The van der Waals surface area contributed by atoms with Crippen LogP contribution in [0.4, 0.5) is 5.82 Å². The third kappa shape index (κ3) is 2.50. The van der Waals surface area contributed by atoms with E-state index in [1.165, 1.54) is 19.3 Å². The standard InChI is InChI=1S/C12H19N3O/c1-2-3-10-4-5-15(8-10)12-7-13-6-11(9-16)14-12/h6-7,10,16H,2-5,8-9H2,1H3. The Labute approximate surface area is 96.3 Å². The molecule has 0 radical (unpaired) electrons. The second-order valence-corrected chi connectivity index (χ2v) is 4.42. The van der Waals surface area contributed by atoms with E-state index in [0.717, 1.165) is 24.8 Å². The number of rotatable bonds is 4. The minimum atomic E-state index is -0.0347. The molecule has 1 aromatic rings. The van der Waals surface area contributed by atoms with Gasteiger partial charge in [0, 0.05) is 13.1 Å². The van der Waals surface area contributed by atoms with Crippen LogP contribution in [-0.2, 0) is 6.61 Å². The van der Waals surface area contributed by atoms with Crippen LogP contribution in [0, 0.1) is 5.92 Å². The van der Waals surface area contributed by atoms with E-state index in [1.807, 2.05) is 0 Å². The number of nitrogens with zero attached hydrogens (tertiary/aromatic N) is 3. The fourth-order valence-corrected chi connectivity index (χ4v) is 2.31. The first-order valence-electron chi connectivity index (χ1n) is 6.00. The highest BCUT2D eigenvalue weighted by Gasteiger charge is 2.22. The van der Waals surface area contributed by atoms with Gasteiger partial charge in [-0.2, -0.15) is 0 Å². The van der Waals surface area contributed by atoms with E-state index >= 15 is 0 Å². The molecular formula is C12H19N3O. The molecule has 1 N–H and O–H groups in total. The first-order valence-corrected chi connectivity index (χ1v) is 6.00. The highest BCUT2D eigenvalue weighted by atomic mass is 16.3. The molecule has 4 heteroatoms. The minimum Gasteiger partial charge on any atom is -0.390 e. The number of hydrogen-bond acceptors (Lipinski definition) is 4. The summed E-state index contributed by atoms with van der Waals surface area (Å²) < 4.78 is 0. The predicted molar refractivity (Wildman–Crippen MR) is 63.2 cm³/mol. The largest absolute Gasteiger partial charge is 0.390 e. The zero-order chi connectivity index (χ0) is 11.4. The molecule has 1 atom stereocenters. The molecule has 0 saturated carbocycles. The van der Waals surface area contributed by atoms with Gasteiger partial charge in [-0.25, -0.2) is 4.98 Å². The summed E-state index contributed by atoms with van der Waals surface area (Å²) in [6, 6.07) is 0. The number of aromatic nitrogens is 2. The highest BCUT2D eigenvalue weighted by Crippen LogP contribution is 2.24. The van der Waals surface area contributed by atoms with Crippen LogP contribution in [-0.4, -0.2) is 28.2 Å². The summed E-state index contributed by atoms with van der Waals surface area (Å²) in [6.07, 6.45) is 7.19. The molecule has 0 aliphatic carbocycles. The van der Waals surface area contributed by atoms with Crippen LogP contribution in [0.15, 0.2) is 12.4 Å². The fourth-order valence-electron chi connectivity index (χ4n) is 2.31. The highest BCUT2D eigenvalue weighted by molar-refractivity contribution is 5.37. The summed E-state index contributed by atoms with van der Waals surface area (Å²) in [5.74, 6) is 1.70. The molecule has 0 aromatic carbocycles. The van der Waals surface area contributed by atoms with Crippen molar-refractivity contribution in [2.24, 2.45) is 5.92 Å². The zero-order valence-electron chi connectivity index (χ0n) is 9.76. The zero-order valence-corrected chi connectivity index (χ0v) is 9.76. The minimum absolute atomic E-state index is 0.0347. The lowest BCUT2D eigenvalue weighted by Crippen LogP contribution is -2.21. The van der Waals surface area contributed by atoms with Crippen molar-refractivity contribution < 1.29 is 5.11 Å². The number of aliphatic hydroxyl groups excluding tert-OH is 1. The van der Waals surface area contributed by atoms with E-state index < -0.39 is 0 Å². The van der Waals surface area contributed by atoms with Crippen LogP contribution < -0.4 is 4.90 Å². The molecule has 1 saturated heterocycles. The van der Waals surface area contributed by atoms with Gasteiger partial charge in [-0.1, -0.05) is 13.3 Å². The monoisotopic (exact) mass is 221 g/mol. The van der Waals surface area contributed by atoms with Gasteiger partial charge in [0.15, 0.2) is 0 Å². The van der Waals surface area contributed by atoms with Crippen molar-refractivity contribution in [2.75, 3.05) is 18.0 Å². The molecule has 1 unspecified atom stereocenters. The molecule has 1 fully saturated rings. The topological polar surface area (TPSA) is 49.2 Å². The number of hydrogen-bond donors (Lipinski definition) is 1. The maximum absolute atomic E-state index is 9.02. The van der Waals surface area contributed by atoms with Crippen LogP contribution in [0.1, 0.15) is 31.9 Å². The van der Waals surface area contributed by atoms with Crippen molar-refractivity contribution in [2.45, 2.75) is 32.8 Å². The summed E-state index contributed by atoms with van der Waals surface area (Å²) in [6.45, 7) is 4.34. The Hall–Kier alpha value is -1.16. The summed E-state index contributed by atoms with van der Waals surface area (Å²) >= 11 is 0. The molecule has 1 aromatic heterocycles.